The van der Waals surface area contributed by atoms with Crippen LogP contribution in [0, 0.1) is 0 Å². The summed E-state index contributed by atoms with van der Waals surface area (Å²) in [5.41, 5.74) is 2.32. The zero-order valence-corrected chi connectivity index (χ0v) is 15.3. The van der Waals surface area contributed by atoms with Crippen molar-refractivity contribution in [3.05, 3.63) is 105 Å². The first-order valence-electron chi connectivity index (χ1n) is 8.97. The monoisotopic (exact) mass is 375 g/mol. The highest BCUT2D eigenvalue weighted by Crippen LogP contribution is 2.19. The summed E-state index contributed by atoms with van der Waals surface area (Å²) in [5.74, 6) is -0.0710. The molecular formula is C22H21N3O3. The molecule has 0 radical (unpaired) electrons. The quantitative estimate of drug-likeness (QED) is 0.621. The highest BCUT2D eigenvalue weighted by molar-refractivity contribution is 5.79. The highest BCUT2D eigenvalue weighted by Gasteiger charge is 2.03. The molecule has 28 heavy (non-hydrogen) atoms. The van der Waals surface area contributed by atoms with Gasteiger partial charge in [-0.2, -0.15) is 0 Å². The minimum absolute atomic E-state index is 0.0710. The predicted octanol–water partition coefficient (Wildman–Crippen LogP) is 2.12. The van der Waals surface area contributed by atoms with Crippen LogP contribution in [0.3, 0.4) is 0 Å². The number of H-pyrrole nitrogens is 1. The van der Waals surface area contributed by atoms with E-state index in [0.29, 0.717) is 19.5 Å². The van der Waals surface area contributed by atoms with Gasteiger partial charge >= 0.3 is 5.69 Å². The van der Waals surface area contributed by atoms with Crippen LogP contribution in [0.1, 0.15) is 5.56 Å². The Morgan fingerprint density at radius 2 is 1.64 bits per heavy atom. The summed E-state index contributed by atoms with van der Waals surface area (Å²) in [5, 5.41) is 2.82. The molecule has 2 aromatic carbocycles. The Hall–Kier alpha value is -3.67. The van der Waals surface area contributed by atoms with Crippen LogP contribution in [0.2, 0.25) is 0 Å². The molecule has 0 unspecified atom stereocenters. The summed E-state index contributed by atoms with van der Waals surface area (Å²) < 4.78 is 1.37. The third-order valence-corrected chi connectivity index (χ3v) is 4.21. The number of hydrogen-bond acceptors (Lipinski definition) is 3. The molecule has 0 aliphatic rings. The lowest BCUT2D eigenvalue weighted by molar-refractivity contribution is -0.120. The number of amides is 1. The van der Waals surface area contributed by atoms with Crippen molar-refractivity contribution in [1.29, 1.82) is 0 Å². The largest absolute Gasteiger partial charge is 0.352 e. The number of carbonyl (C=O) groups excluding carboxylic acids is 1. The van der Waals surface area contributed by atoms with E-state index in [1.807, 2.05) is 42.5 Å². The molecular weight excluding hydrogens is 354 g/mol. The molecule has 0 bridgehead atoms. The van der Waals surface area contributed by atoms with Crippen LogP contribution < -0.4 is 16.6 Å². The number of nitrogens with one attached hydrogen (secondary N) is 2. The fourth-order valence-corrected chi connectivity index (χ4v) is 2.73. The molecule has 0 atom stereocenters. The second kappa shape index (κ2) is 9.32. The molecule has 142 valence electrons. The molecule has 3 rings (SSSR count). The first kappa shape index (κ1) is 19.1. The van der Waals surface area contributed by atoms with E-state index in [2.05, 4.69) is 22.4 Å². The number of aromatic amines is 1. The van der Waals surface area contributed by atoms with Gasteiger partial charge in [-0.15, -0.1) is 0 Å². The summed E-state index contributed by atoms with van der Waals surface area (Å²) in [6.45, 7) is 0.700. The maximum atomic E-state index is 12.1. The summed E-state index contributed by atoms with van der Waals surface area (Å²) in [4.78, 5) is 36.8. The second-order valence-electron chi connectivity index (χ2n) is 6.28. The minimum Gasteiger partial charge on any atom is -0.352 e. The van der Waals surface area contributed by atoms with Gasteiger partial charge in [-0.25, -0.2) is 4.79 Å². The Bertz CT molecular complexity index is 1060. The van der Waals surface area contributed by atoms with Crippen LogP contribution in [-0.4, -0.2) is 22.0 Å². The number of hydrogen-bond donors (Lipinski definition) is 2. The number of rotatable bonds is 7. The lowest BCUT2D eigenvalue weighted by Crippen LogP contribution is -2.28. The molecule has 0 aliphatic heterocycles. The van der Waals surface area contributed by atoms with Gasteiger partial charge < -0.3 is 5.32 Å². The van der Waals surface area contributed by atoms with Crippen molar-refractivity contribution < 1.29 is 4.79 Å². The molecule has 6 heteroatoms. The van der Waals surface area contributed by atoms with Gasteiger partial charge in [0.25, 0.3) is 5.56 Å². The van der Waals surface area contributed by atoms with E-state index in [9.17, 15) is 14.4 Å². The number of benzene rings is 2. The van der Waals surface area contributed by atoms with Gasteiger partial charge in [0, 0.05) is 25.4 Å². The summed E-state index contributed by atoms with van der Waals surface area (Å²) in [6.07, 6.45) is 5.27. The topological polar surface area (TPSA) is 84.0 Å². The third-order valence-electron chi connectivity index (χ3n) is 4.21. The molecule has 1 amide bonds. The van der Waals surface area contributed by atoms with E-state index >= 15 is 0 Å². The fraction of sp³-hybridized carbons (Fsp3) is 0.136. The Kier molecular flexibility index (Phi) is 6.36. The molecule has 6 nitrogen and oxygen atoms in total. The van der Waals surface area contributed by atoms with Crippen LogP contribution in [-0.2, 0) is 17.8 Å². The average Bonchev–Trinajstić information content (AvgIpc) is 2.70. The van der Waals surface area contributed by atoms with E-state index in [1.54, 1.807) is 12.2 Å². The maximum Gasteiger partial charge on any atom is 0.328 e. The Labute approximate surface area is 162 Å². The Morgan fingerprint density at radius 1 is 0.929 bits per heavy atom. The molecule has 0 saturated carbocycles. The normalized spacial score (nSPS) is 10.9. The lowest BCUT2D eigenvalue weighted by atomic mass is 10.0. The molecule has 0 saturated heterocycles. The van der Waals surface area contributed by atoms with E-state index in [0.717, 1.165) is 16.7 Å². The standard InChI is InChI=1S/C22H21N3O3/c26-20-12-15-25(22(28)24-20)14-5-4-13-23-21(27)16-17-8-10-19(11-9-17)18-6-2-1-3-7-18/h1-12,15H,13-14,16H2,(H,23,27)(H,24,26,28)/b5-4-. The van der Waals surface area contributed by atoms with Crippen LogP contribution >= 0.6 is 0 Å². The first-order chi connectivity index (χ1) is 13.6. The van der Waals surface area contributed by atoms with Crippen molar-refractivity contribution in [2.75, 3.05) is 6.54 Å². The van der Waals surface area contributed by atoms with Gasteiger partial charge in [0.05, 0.1) is 6.42 Å². The molecule has 2 N–H and O–H groups in total. The molecule has 3 aromatic rings. The molecule has 1 aromatic heterocycles. The fourth-order valence-electron chi connectivity index (χ4n) is 2.73. The Morgan fingerprint density at radius 3 is 2.36 bits per heavy atom. The maximum absolute atomic E-state index is 12.1. The molecule has 0 aliphatic carbocycles. The van der Waals surface area contributed by atoms with Crippen molar-refractivity contribution in [2.45, 2.75) is 13.0 Å². The van der Waals surface area contributed by atoms with Gasteiger partial charge in [-0.1, -0.05) is 66.7 Å². The van der Waals surface area contributed by atoms with Gasteiger partial charge in [0.1, 0.15) is 0 Å². The zero-order valence-electron chi connectivity index (χ0n) is 15.3. The van der Waals surface area contributed by atoms with Gasteiger partial charge in [-0.3, -0.25) is 19.1 Å². The average molecular weight is 375 g/mol. The van der Waals surface area contributed by atoms with Crippen LogP contribution in [0.4, 0.5) is 0 Å². The SMILES string of the molecule is O=C(Cc1ccc(-c2ccccc2)cc1)NC/C=C\Cn1ccc(=O)[nH]c1=O. The van der Waals surface area contributed by atoms with Gasteiger partial charge in [0.15, 0.2) is 0 Å². The molecule has 0 fully saturated rings. The Balaban J connectivity index is 1.45. The van der Waals surface area contributed by atoms with E-state index in [-0.39, 0.29) is 5.91 Å². The van der Waals surface area contributed by atoms with Crippen LogP contribution in [0.5, 0.6) is 0 Å². The van der Waals surface area contributed by atoms with Gasteiger partial charge in [-0.05, 0) is 16.7 Å². The minimum atomic E-state index is -0.458. The summed E-state index contributed by atoms with van der Waals surface area (Å²) >= 11 is 0. The van der Waals surface area contributed by atoms with Gasteiger partial charge in [0.2, 0.25) is 5.91 Å². The predicted molar refractivity (Wildman–Crippen MR) is 109 cm³/mol. The van der Waals surface area contributed by atoms with Crippen LogP contribution in [0.25, 0.3) is 11.1 Å². The van der Waals surface area contributed by atoms with Crippen LogP contribution in [0.15, 0.2) is 88.6 Å². The first-order valence-corrected chi connectivity index (χ1v) is 8.97. The van der Waals surface area contributed by atoms with Crippen molar-refractivity contribution in [3.8, 4) is 11.1 Å². The van der Waals surface area contributed by atoms with Crippen molar-refractivity contribution in [1.82, 2.24) is 14.9 Å². The number of nitrogens with zero attached hydrogens (tertiary/aromatic N) is 1. The van der Waals surface area contributed by atoms with Crippen molar-refractivity contribution >= 4 is 5.91 Å². The summed E-state index contributed by atoms with van der Waals surface area (Å²) in [6, 6.07) is 19.3. The molecule has 1 heterocycles. The third kappa shape index (κ3) is 5.41. The van der Waals surface area contributed by atoms with Crippen molar-refractivity contribution in [3.63, 3.8) is 0 Å². The summed E-state index contributed by atoms with van der Waals surface area (Å²) in [7, 11) is 0. The lowest BCUT2D eigenvalue weighted by Gasteiger charge is -2.05. The molecule has 0 spiro atoms. The van der Waals surface area contributed by atoms with E-state index in [1.165, 1.54) is 16.8 Å². The number of aromatic nitrogens is 2. The highest BCUT2D eigenvalue weighted by atomic mass is 16.2. The smallest absolute Gasteiger partial charge is 0.328 e. The number of allylic oxidation sites excluding steroid dienone is 1. The van der Waals surface area contributed by atoms with Crippen molar-refractivity contribution in [2.24, 2.45) is 0 Å². The number of carbonyl (C=O) groups is 1. The zero-order chi connectivity index (χ0) is 19.8. The van der Waals surface area contributed by atoms with E-state index in [4.69, 9.17) is 0 Å². The second-order valence-corrected chi connectivity index (χ2v) is 6.28. The van der Waals surface area contributed by atoms with E-state index < -0.39 is 11.2 Å².